The van der Waals surface area contributed by atoms with E-state index in [0.717, 1.165) is 5.56 Å². The normalized spacial score (nSPS) is 20.2. The fraction of sp³-hybridized carbons (Fsp3) is 0.400. The number of anilines is 1. The summed E-state index contributed by atoms with van der Waals surface area (Å²) in [5, 5.41) is 4.28. The molecule has 1 N–H and O–H groups in total. The molecule has 1 aliphatic heterocycles. The van der Waals surface area contributed by atoms with Crippen molar-refractivity contribution in [3.63, 3.8) is 0 Å². The molecule has 1 saturated heterocycles. The third kappa shape index (κ3) is 3.46. The summed E-state index contributed by atoms with van der Waals surface area (Å²) >= 11 is 0. The summed E-state index contributed by atoms with van der Waals surface area (Å²) in [7, 11) is -6.85. The molecule has 2 aromatic rings. The van der Waals surface area contributed by atoms with E-state index >= 15 is 0 Å². The maximum atomic E-state index is 12.5. The number of benzene rings is 1. The van der Waals surface area contributed by atoms with Gasteiger partial charge in [-0.15, -0.1) is 0 Å². The average Bonchev–Trinajstić information content (AvgIpc) is 3.01. The summed E-state index contributed by atoms with van der Waals surface area (Å²) in [5.41, 5.74) is 1.59. The van der Waals surface area contributed by atoms with Crippen LogP contribution in [0.1, 0.15) is 23.7 Å². The number of sulfonamides is 1. The van der Waals surface area contributed by atoms with Gasteiger partial charge in [-0.05, 0) is 32.4 Å². The highest BCUT2D eigenvalue weighted by Gasteiger charge is 2.32. The van der Waals surface area contributed by atoms with Crippen LogP contribution in [0.5, 0.6) is 0 Å². The molecule has 0 saturated carbocycles. The predicted octanol–water partition coefficient (Wildman–Crippen LogP) is 1.66. The Labute approximate surface area is 141 Å². The van der Waals surface area contributed by atoms with Gasteiger partial charge < -0.3 is 0 Å². The van der Waals surface area contributed by atoms with Gasteiger partial charge in [0, 0.05) is 6.07 Å². The Morgan fingerprint density at radius 2 is 1.88 bits per heavy atom. The third-order valence-electron chi connectivity index (χ3n) is 3.98. The minimum atomic E-state index is -3.76. The Hall–Kier alpha value is -1.87. The molecule has 1 atom stereocenters. The molecule has 1 aliphatic rings. The van der Waals surface area contributed by atoms with Crippen molar-refractivity contribution in [3.8, 4) is 0 Å². The van der Waals surface area contributed by atoms with Crippen molar-refractivity contribution < 1.29 is 16.8 Å². The van der Waals surface area contributed by atoms with Crippen molar-refractivity contribution in [2.75, 3.05) is 16.2 Å². The van der Waals surface area contributed by atoms with Crippen LogP contribution in [0.4, 0.5) is 5.82 Å². The Morgan fingerprint density at radius 3 is 2.46 bits per heavy atom. The predicted molar refractivity (Wildman–Crippen MR) is 91.3 cm³/mol. The summed E-state index contributed by atoms with van der Waals surface area (Å²) in [6.45, 7) is 3.62. The van der Waals surface area contributed by atoms with Crippen molar-refractivity contribution in [3.05, 3.63) is 41.6 Å². The van der Waals surface area contributed by atoms with E-state index in [4.69, 9.17) is 0 Å². The maximum absolute atomic E-state index is 12.5. The molecule has 3 rings (SSSR count). The summed E-state index contributed by atoms with van der Waals surface area (Å²) in [4.78, 5) is 0.151. The highest BCUT2D eigenvalue weighted by molar-refractivity contribution is 7.92. The number of rotatable bonds is 4. The molecule has 1 fully saturated rings. The first-order valence-electron chi connectivity index (χ1n) is 7.52. The molecule has 0 unspecified atom stereocenters. The number of nitrogens with one attached hydrogen (secondary N) is 1. The number of sulfone groups is 1. The number of hydrogen-bond acceptors (Lipinski definition) is 5. The SMILES string of the molecule is Cc1ccc(S(=O)(=O)Nc2cc(C)nn2[C@@H]2CCS(=O)(=O)C2)cc1. The van der Waals surface area contributed by atoms with Crippen LogP contribution in [-0.2, 0) is 19.9 Å². The van der Waals surface area contributed by atoms with E-state index in [2.05, 4.69) is 9.82 Å². The molecule has 7 nitrogen and oxygen atoms in total. The molecule has 9 heteroatoms. The third-order valence-corrected chi connectivity index (χ3v) is 7.10. The van der Waals surface area contributed by atoms with Gasteiger partial charge in [-0.1, -0.05) is 17.7 Å². The molecule has 130 valence electrons. The van der Waals surface area contributed by atoms with E-state index in [1.165, 1.54) is 16.8 Å². The molecule has 0 amide bonds. The lowest BCUT2D eigenvalue weighted by Crippen LogP contribution is -2.20. The van der Waals surface area contributed by atoms with Gasteiger partial charge in [0.25, 0.3) is 10.0 Å². The summed E-state index contributed by atoms with van der Waals surface area (Å²) in [6.07, 6.45) is 0.433. The summed E-state index contributed by atoms with van der Waals surface area (Å²) < 4.78 is 52.5. The first-order valence-corrected chi connectivity index (χ1v) is 10.8. The van der Waals surface area contributed by atoms with Gasteiger partial charge in [0.2, 0.25) is 0 Å². The molecule has 0 spiro atoms. The summed E-state index contributed by atoms with van der Waals surface area (Å²) in [6, 6.07) is 7.77. The van der Waals surface area contributed by atoms with Crippen LogP contribution in [0.3, 0.4) is 0 Å². The van der Waals surface area contributed by atoms with Gasteiger partial charge in [0.1, 0.15) is 5.82 Å². The van der Waals surface area contributed by atoms with E-state index in [9.17, 15) is 16.8 Å². The van der Waals surface area contributed by atoms with Gasteiger partial charge in [-0.3, -0.25) is 4.72 Å². The zero-order valence-electron chi connectivity index (χ0n) is 13.4. The van der Waals surface area contributed by atoms with E-state index < -0.39 is 19.9 Å². The Balaban J connectivity index is 1.92. The second kappa shape index (κ2) is 5.89. The number of aryl methyl sites for hydroxylation is 2. The first-order chi connectivity index (χ1) is 11.2. The first kappa shape index (κ1) is 17.0. The van der Waals surface area contributed by atoms with E-state index in [1.807, 2.05) is 6.92 Å². The number of hydrogen-bond donors (Lipinski definition) is 1. The number of aromatic nitrogens is 2. The Kier molecular flexibility index (Phi) is 4.16. The minimum Gasteiger partial charge on any atom is -0.264 e. The maximum Gasteiger partial charge on any atom is 0.263 e. The largest absolute Gasteiger partial charge is 0.264 e. The van der Waals surface area contributed by atoms with Crippen LogP contribution >= 0.6 is 0 Å². The van der Waals surface area contributed by atoms with Gasteiger partial charge >= 0.3 is 0 Å². The molecule has 1 aromatic heterocycles. The smallest absolute Gasteiger partial charge is 0.263 e. The number of nitrogens with zero attached hydrogens (tertiary/aromatic N) is 2. The van der Waals surface area contributed by atoms with Gasteiger partial charge in [-0.2, -0.15) is 5.10 Å². The fourth-order valence-corrected chi connectivity index (χ4v) is 5.49. The molecule has 2 heterocycles. The standard InChI is InChI=1S/C15H19N3O4S2/c1-11-3-5-14(6-4-11)24(21,22)17-15-9-12(2)16-18(15)13-7-8-23(19,20)10-13/h3-6,9,13,17H,7-8,10H2,1-2H3/t13-/m1/s1. The quantitative estimate of drug-likeness (QED) is 0.884. The van der Waals surface area contributed by atoms with Crippen LogP contribution in [0, 0.1) is 13.8 Å². The molecule has 0 aliphatic carbocycles. The topological polar surface area (TPSA) is 98.1 Å². The lowest BCUT2D eigenvalue weighted by atomic mass is 10.2. The highest BCUT2D eigenvalue weighted by Crippen LogP contribution is 2.28. The lowest BCUT2D eigenvalue weighted by Gasteiger charge is -2.14. The summed E-state index contributed by atoms with van der Waals surface area (Å²) in [5.74, 6) is 0.365. The lowest BCUT2D eigenvalue weighted by molar-refractivity contribution is 0.503. The second-order valence-electron chi connectivity index (χ2n) is 6.09. The molecule has 24 heavy (non-hydrogen) atoms. The van der Waals surface area contributed by atoms with Crippen LogP contribution in [-0.4, -0.2) is 38.1 Å². The van der Waals surface area contributed by atoms with Crippen LogP contribution in [0.15, 0.2) is 35.2 Å². The van der Waals surface area contributed by atoms with Gasteiger partial charge in [0.15, 0.2) is 9.84 Å². The molecule has 0 radical (unpaired) electrons. The van der Waals surface area contributed by atoms with Gasteiger partial charge in [0.05, 0.1) is 28.1 Å². The Bertz CT molecular complexity index is 961. The Morgan fingerprint density at radius 1 is 1.21 bits per heavy atom. The van der Waals surface area contributed by atoms with Crippen molar-refractivity contribution in [1.29, 1.82) is 0 Å². The zero-order valence-corrected chi connectivity index (χ0v) is 15.1. The van der Waals surface area contributed by atoms with E-state index in [-0.39, 0.29) is 28.3 Å². The van der Waals surface area contributed by atoms with Crippen LogP contribution < -0.4 is 4.72 Å². The highest BCUT2D eigenvalue weighted by atomic mass is 32.2. The van der Waals surface area contributed by atoms with Crippen molar-refractivity contribution in [2.45, 2.75) is 31.2 Å². The second-order valence-corrected chi connectivity index (χ2v) is 10.0. The molecule has 0 bridgehead atoms. The fourth-order valence-electron chi connectivity index (χ4n) is 2.75. The van der Waals surface area contributed by atoms with Crippen molar-refractivity contribution in [1.82, 2.24) is 9.78 Å². The minimum absolute atomic E-state index is 0.0205. The molecular formula is C15H19N3O4S2. The molecule has 1 aromatic carbocycles. The van der Waals surface area contributed by atoms with Crippen LogP contribution in [0.25, 0.3) is 0 Å². The zero-order chi connectivity index (χ0) is 17.5. The van der Waals surface area contributed by atoms with E-state index in [0.29, 0.717) is 12.1 Å². The monoisotopic (exact) mass is 369 g/mol. The van der Waals surface area contributed by atoms with E-state index in [1.54, 1.807) is 25.1 Å². The van der Waals surface area contributed by atoms with Gasteiger partial charge in [-0.25, -0.2) is 21.5 Å². The average molecular weight is 369 g/mol. The molecular weight excluding hydrogens is 350 g/mol. The van der Waals surface area contributed by atoms with Crippen LogP contribution in [0.2, 0.25) is 0 Å². The van der Waals surface area contributed by atoms with Crippen molar-refractivity contribution in [2.24, 2.45) is 0 Å². The van der Waals surface area contributed by atoms with Crippen molar-refractivity contribution >= 4 is 25.7 Å².